The summed E-state index contributed by atoms with van der Waals surface area (Å²) in [6.45, 7) is 1.65. The van der Waals surface area contributed by atoms with Crippen LogP contribution in [0.3, 0.4) is 0 Å². The highest BCUT2D eigenvalue weighted by molar-refractivity contribution is 7.80. The van der Waals surface area contributed by atoms with E-state index in [1.165, 1.54) is 24.3 Å². The molecule has 130 valence electrons. The molecule has 8 heteroatoms. The summed E-state index contributed by atoms with van der Waals surface area (Å²) in [5, 5.41) is 4.05. The minimum Gasteiger partial charge on any atom is -0.460 e. The molecule has 25 heavy (non-hydrogen) atoms. The number of hydrogen-bond acceptors (Lipinski definition) is 3. The summed E-state index contributed by atoms with van der Waals surface area (Å²) >= 11 is 4.81. The van der Waals surface area contributed by atoms with Gasteiger partial charge in [-0.1, -0.05) is 24.3 Å². The van der Waals surface area contributed by atoms with Crippen molar-refractivity contribution in [3.63, 3.8) is 0 Å². The van der Waals surface area contributed by atoms with Gasteiger partial charge in [0.05, 0.1) is 5.56 Å². The van der Waals surface area contributed by atoms with E-state index in [1.807, 2.05) is 0 Å². The first-order valence-corrected chi connectivity index (χ1v) is 7.68. The zero-order valence-electron chi connectivity index (χ0n) is 12.9. The predicted molar refractivity (Wildman–Crippen MR) is 89.7 cm³/mol. The van der Waals surface area contributed by atoms with Gasteiger partial charge in [0.1, 0.15) is 17.6 Å². The molecule has 0 radical (unpaired) electrons. The quantitative estimate of drug-likeness (QED) is 0.626. The second-order valence-corrected chi connectivity index (χ2v) is 5.79. The Kier molecular flexibility index (Phi) is 4.47. The third kappa shape index (κ3) is 3.63. The number of thiocarbonyl (C=S) groups is 1. The molecule has 1 atom stereocenters. The Morgan fingerprint density at radius 3 is 2.32 bits per heavy atom. The van der Waals surface area contributed by atoms with Crippen LogP contribution in [0.25, 0.3) is 11.1 Å². The van der Waals surface area contributed by atoms with Crippen LogP contribution in [-0.4, -0.2) is 17.0 Å². The molecule has 0 aliphatic carbocycles. The van der Waals surface area contributed by atoms with Crippen LogP contribution in [0.2, 0.25) is 0 Å². The lowest BCUT2D eigenvalue weighted by atomic mass is 9.94. The van der Waals surface area contributed by atoms with E-state index in [2.05, 4.69) is 10.5 Å². The number of halogens is 4. The molecule has 1 N–H and O–H groups in total. The van der Waals surface area contributed by atoms with Crippen LogP contribution in [0.4, 0.5) is 17.6 Å². The van der Waals surface area contributed by atoms with Crippen LogP contribution in [0, 0.1) is 5.82 Å². The monoisotopic (exact) mass is 368 g/mol. The molecular formula is C17H12F4N2OS. The van der Waals surface area contributed by atoms with Crippen molar-refractivity contribution in [3.8, 4) is 11.1 Å². The Labute approximate surface area is 146 Å². The number of nitrogens with zero attached hydrogens (tertiary/aromatic N) is 1. The Bertz CT molecular complexity index is 847. The summed E-state index contributed by atoms with van der Waals surface area (Å²) in [6, 6.07) is 8.72. The summed E-state index contributed by atoms with van der Waals surface area (Å²) in [5.74, 6) is -0.515. The predicted octanol–water partition coefficient (Wildman–Crippen LogP) is 4.51. The van der Waals surface area contributed by atoms with Crippen molar-refractivity contribution in [1.82, 2.24) is 5.43 Å². The van der Waals surface area contributed by atoms with Gasteiger partial charge >= 0.3 is 6.18 Å². The van der Waals surface area contributed by atoms with Gasteiger partial charge in [0, 0.05) is 5.56 Å². The van der Waals surface area contributed by atoms with Crippen LogP contribution in [0.1, 0.15) is 18.1 Å². The fourth-order valence-corrected chi connectivity index (χ4v) is 2.75. The first kappa shape index (κ1) is 17.3. The number of nitrogens with one attached hydrogen (secondary N) is 1. The normalized spacial score (nSPS) is 17.6. The highest BCUT2D eigenvalue weighted by Crippen LogP contribution is 2.38. The molecule has 2 aromatic rings. The number of hydrazone groups is 1. The molecule has 0 aromatic heterocycles. The van der Waals surface area contributed by atoms with Gasteiger partial charge in [0.2, 0.25) is 0 Å². The zero-order chi connectivity index (χ0) is 18.2. The van der Waals surface area contributed by atoms with Crippen LogP contribution in [-0.2, 0) is 10.9 Å². The average molecular weight is 368 g/mol. The molecule has 1 heterocycles. The first-order valence-electron chi connectivity index (χ1n) is 7.27. The maximum Gasteiger partial charge on any atom is 0.417 e. The molecule has 0 amide bonds. The second kappa shape index (κ2) is 6.44. The van der Waals surface area contributed by atoms with E-state index in [4.69, 9.17) is 17.0 Å². The van der Waals surface area contributed by atoms with Gasteiger partial charge in [-0.25, -0.2) is 9.82 Å². The lowest BCUT2D eigenvalue weighted by Gasteiger charge is -2.23. The molecule has 0 spiro atoms. The van der Waals surface area contributed by atoms with Crippen molar-refractivity contribution in [2.24, 2.45) is 5.10 Å². The van der Waals surface area contributed by atoms with E-state index in [0.29, 0.717) is 5.71 Å². The van der Waals surface area contributed by atoms with Crippen LogP contribution >= 0.6 is 12.2 Å². The second-order valence-electron chi connectivity index (χ2n) is 5.42. The highest BCUT2D eigenvalue weighted by atomic mass is 32.1. The van der Waals surface area contributed by atoms with Crippen molar-refractivity contribution in [3.05, 3.63) is 59.4 Å². The largest absolute Gasteiger partial charge is 0.460 e. The summed E-state index contributed by atoms with van der Waals surface area (Å²) in [6.07, 6.45) is -5.16. The summed E-state index contributed by atoms with van der Waals surface area (Å²) in [7, 11) is 0. The average Bonchev–Trinajstić information content (AvgIpc) is 2.54. The number of hydrogen-bond donors (Lipinski definition) is 1. The van der Waals surface area contributed by atoms with Crippen molar-refractivity contribution >= 4 is 23.1 Å². The summed E-state index contributed by atoms with van der Waals surface area (Å²) in [4.78, 5) is 0. The Morgan fingerprint density at radius 1 is 1.08 bits per heavy atom. The van der Waals surface area contributed by atoms with Gasteiger partial charge in [-0.15, -0.1) is 0 Å². The third-order valence-electron chi connectivity index (χ3n) is 3.71. The van der Waals surface area contributed by atoms with E-state index < -0.39 is 23.7 Å². The van der Waals surface area contributed by atoms with Gasteiger partial charge < -0.3 is 4.74 Å². The molecule has 0 unspecified atom stereocenters. The molecule has 2 aromatic carbocycles. The van der Waals surface area contributed by atoms with Gasteiger partial charge in [-0.05, 0) is 48.5 Å². The Morgan fingerprint density at radius 2 is 1.72 bits per heavy atom. The molecular weight excluding hydrogens is 356 g/mol. The number of alkyl halides is 3. The van der Waals surface area contributed by atoms with Crippen molar-refractivity contribution < 1.29 is 22.3 Å². The first-order chi connectivity index (χ1) is 11.8. The Hall–Kier alpha value is -2.48. The third-order valence-corrected chi connectivity index (χ3v) is 3.90. The fraction of sp³-hybridized carbons (Fsp3) is 0.176. The molecule has 3 rings (SSSR count). The minimum absolute atomic E-state index is 0.0373. The molecule has 0 saturated heterocycles. The van der Waals surface area contributed by atoms with E-state index in [-0.39, 0.29) is 21.9 Å². The van der Waals surface area contributed by atoms with Crippen molar-refractivity contribution in [1.29, 1.82) is 0 Å². The minimum atomic E-state index is -4.58. The number of ether oxygens (including phenoxy) is 1. The molecule has 1 aliphatic heterocycles. The molecule has 3 nitrogen and oxygen atoms in total. The van der Waals surface area contributed by atoms with E-state index >= 15 is 0 Å². The highest BCUT2D eigenvalue weighted by Gasteiger charge is 2.35. The van der Waals surface area contributed by atoms with Crippen LogP contribution < -0.4 is 5.43 Å². The topological polar surface area (TPSA) is 33.6 Å². The maximum absolute atomic E-state index is 13.5. The molecule has 0 fully saturated rings. The number of benzene rings is 2. The molecule has 0 saturated carbocycles. The lowest BCUT2D eigenvalue weighted by molar-refractivity contribution is -0.137. The van der Waals surface area contributed by atoms with Gasteiger partial charge in [0.15, 0.2) is 0 Å². The molecule has 1 aliphatic rings. The van der Waals surface area contributed by atoms with Gasteiger partial charge in [-0.3, -0.25) is 0 Å². The zero-order valence-corrected chi connectivity index (χ0v) is 13.7. The Balaban J connectivity index is 2.10. The fourth-order valence-electron chi connectivity index (χ4n) is 2.56. The van der Waals surface area contributed by atoms with E-state index in [1.54, 1.807) is 6.92 Å². The van der Waals surface area contributed by atoms with Gasteiger partial charge in [-0.2, -0.15) is 18.3 Å². The maximum atomic E-state index is 13.5. The molecule has 0 bridgehead atoms. The standard InChI is InChI=1S/C17H12F4N2OS/c1-9-15(22-23-16(25)24-9)11-4-7-13(14(8-11)17(19,20)21)10-2-5-12(18)6-3-10/h2-9H,1H3,(H,23,25)/t9-/m0/s1. The van der Waals surface area contributed by atoms with Gasteiger partial charge in [0.25, 0.3) is 5.17 Å². The summed E-state index contributed by atoms with van der Waals surface area (Å²) < 4.78 is 58.9. The van der Waals surface area contributed by atoms with Crippen molar-refractivity contribution in [2.75, 3.05) is 0 Å². The number of rotatable bonds is 2. The SMILES string of the molecule is C[C@@H]1OC(=S)NN=C1c1ccc(-c2ccc(F)cc2)c(C(F)(F)F)c1. The van der Waals surface area contributed by atoms with E-state index in [9.17, 15) is 17.6 Å². The smallest absolute Gasteiger partial charge is 0.417 e. The summed E-state index contributed by atoms with van der Waals surface area (Å²) in [5.41, 5.74) is 2.42. The van der Waals surface area contributed by atoms with E-state index in [0.717, 1.165) is 18.2 Å². The lowest BCUT2D eigenvalue weighted by Crippen LogP contribution is -2.37. The van der Waals surface area contributed by atoms with Crippen LogP contribution in [0.15, 0.2) is 47.6 Å². The van der Waals surface area contributed by atoms with Crippen LogP contribution in [0.5, 0.6) is 0 Å². The van der Waals surface area contributed by atoms with Crippen molar-refractivity contribution in [2.45, 2.75) is 19.2 Å².